The maximum Gasteiger partial charge on any atom is 0.252 e. The van der Waals surface area contributed by atoms with Crippen molar-refractivity contribution in [1.29, 1.82) is 0 Å². The Hall–Kier alpha value is -0.920. The van der Waals surface area contributed by atoms with Gasteiger partial charge in [0, 0.05) is 19.1 Å². The molecule has 0 aromatic carbocycles. The first-order valence-electron chi connectivity index (χ1n) is 9.64. The Kier molecular flexibility index (Phi) is 4.68. The molecular formula is C19H28N2O3S2. The molecule has 144 valence electrons. The van der Waals surface area contributed by atoms with Crippen LogP contribution >= 0.6 is 11.3 Å². The third-order valence-electron chi connectivity index (χ3n) is 6.71. The number of hydrogen-bond acceptors (Lipinski definition) is 4. The molecule has 1 heterocycles. The van der Waals surface area contributed by atoms with Gasteiger partial charge in [-0.1, -0.05) is 6.07 Å². The zero-order valence-electron chi connectivity index (χ0n) is 15.6. The van der Waals surface area contributed by atoms with E-state index in [9.17, 15) is 13.2 Å². The zero-order valence-corrected chi connectivity index (χ0v) is 17.2. The summed E-state index contributed by atoms with van der Waals surface area (Å²) >= 11 is 1.19. The second kappa shape index (κ2) is 6.60. The minimum absolute atomic E-state index is 0.0197. The van der Waals surface area contributed by atoms with Crippen molar-refractivity contribution in [2.24, 2.45) is 17.8 Å². The van der Waals surface area contributed by atoms with Gasteiger partial charge < -0.3 is 4.90 Å². The van der Waals surface area contributed by atoms with Crippen molar-refractivity contribution in [3.63, 3.8) is 0 Å². The number of carbonyl (C=O) groups is 1. The Morgan fingerprint density at radius 2 is 1.77 bits per heavy atom. The predicted molar refractivity (Wildman–Crippen MR) is 102 cm³/mol. The fourth-order valence-corrected chi connectivity index (χ4v) is 8.42. The number of nitrogens with zero attached hydrogens (tertiary/aromatic N) is 2. The molecule has 5 nitrogen and oxygen atoms in total. The smallest absolute Gasteiger partial charge is 0.252 e. The summed E-state index contributed by atoms with van der Waals surface area (Å²) in [5.41, 5.74) is -0.0197. The summed E-state index contributed by atoms with van der Waals surface area (Å²) in [6, 6.07) is 3.32. The van der Waals surface area contributed by atoms with Gasteiger partial charge in [-0.3, -0.25) is 4.79 Å². The minimum Gasteiger partial charge on any atom is -0.336 e. The third-order valence-corrected chi connectivity index (χ3v) is 9.89. The largest absolute Gasteiger partial charge is 0.336 e. The fraction of sp³-hybridized carbons (Fsp3) is 0.737. The number of hydrogen-bond donors (Lipinski definition) is 0. The molecule has 1 amide bonds. The second-order valence-electron chi connectivity index (χ2n) is 8.47. The molecule has 0 N–H and O–H groups in total. The van der Waals surface area contributed by atoms with Crippen LogP contribution in [0.1, 0.15) is 45.4 Å². The number of thiophene rings is 1. The van der Waals surface area contributed by atoms with E-state index in [2.05, 4.69) is 0 Å². The van der Waals surface area contributed by atoms with Gasteiger partial charge in [0.2, 0.25) is 5.91 Å². The maximum atomic E-state index is 13.1. The molecule has 4 aliphatic rings. The highest BCUT2D eigenvalue weighted by Crippen LogP contribution is 2.57. The van der Waals surface area contributed by atoms with E-state index in [0.717, 1.165) is 37.0 Å². The van der Waals surface area contributed by atoms with Crippen LogP contribution in [0, 0.1) is 17.8 Å². The first kappa shape index (κ1) is 18.4. The van der Waals surface area contributed by atoms with Gasteiger partial charge in [-0.2, -0.15) is 4.31 Å². The summed E-state index contributed by atoms with van der Waals surface area (Å²) in [5, 5.41) is 1.75. The highest BCUT2D eigenvalue weighted by molar-refractivity contribution is 7.91. The van der Waals surface area contributed by atoms with E-state index >= 15 is 0 Å². The van der Waals surface area contributed by atoms with Gasteiger partial charge in [0.05, 0.1) is 6.54 Å². The third kappa shape index (κ3) is 3.02. The Morgan fingerprint density at radius 3 is 2.23 bits per heavy atom. The van der Waals surface area contributed by atoms with E-state index in [1.165, 1.54) is 42.0 Å². The zero-order chi connectivity index (χ0) is 18.5. The molecule has 7 heteroatoms. The molecule has 0 unspecified atom stereocenters. The number of rotatable bonds is 6. The quantitative estimate of drug-likeness (QED) is 0.742. The van der Waals surface area contributed by atoms with Crippen LogP contribution in [0.15, 0.2) is 21.7 Å². The highest BCUT2D eigenvalue weighted by Gasteiger charge is 2.54. The molecule has 4 bridgehead atoms. The summed E-state index contributed by atoms with van der Waals surface area (Å²) in [6.07, 6.45) is 7.33. The van der Waals surface area contributed by atoms with E-state index in [-0.39, 0.29) is 18.0 Å². The van der Waals surface area contributed by atoms with Crippen LogP contribution in [-0.2, 0) is 14.8 Å². The molecule has 0 spiro atoms. The van der Waals surface area contributed by atoms with Crippen LogP contribution in [0.4, 0.5) is 0 Å². The lowest BCUT2D eigenvalue weighted by atomic mass is 9.52. The van der Waals surface area contributed by atoms with Gasteiger partial charge in [0.1, 0.15) is 4.21 Å². The van der Waals surface area contributed by atoms with Crippen molar-refractivity contribution in [1.82, 2.24) is 9.21 Å². The summed E-state index contributed by atoms with van der Waals surface area (Å²) < 4.78 is 26.8. The molecule has 1 aromatic rings. The Labute approximate surface area is 160 Å². The molecule has 1 aromatic heterocycles. The van der Waals surface area contributed by atoms with E-state index < -0.39 is 10.0 Å². The molecule has 0 aliphatic heterocycles. The van der Waals surface area contributed by atoms with Crippen molar-refractivity contribution >= 4 is 27.3 Å². The number of likely N-dealkylation sites (N-methyl/N-ethyl adjacent to an activating group) is 2. The van der Waals surface area contributed by atoms with Gasteiger partial charge in [-0.15, -0.1) is 11.3 Å². The molecule has 5 rings (SSSR count). The minimum atomic E-state index is -3.58. The summed E-state index contributed by atoms with van der Waals surface area (Å²) in [5.74, 6) is 2.24. The van der Waals surface area contributed by atoms with Gasteiger partial charge >= 0.3 is 0 Å². The molecule has 0 radical (unpaired) electrons. The van der Waals surface area contributed by atoms with Crippen LogP contribution in [0.3, 0.4) is 0 Å². The average Bonchev–Trinajstić information content (AvgIpc) is 3.08. The van der Waals surface area contributed by atoms with Crippen LogP contribution < -0.4 is 0 Å². The van der Waals surface area contributed by atoms with E-state index in [1.807, 2.05) is 11.8 Å². The number of amides is 1. The number of carbonyl (C=O) groups excluding carboxylic acids is 1. The standard InChI is InChI=1S/C19H28N2O3S2/c1-3-21(19-10-14-7-15(11-19)9-16(8-14)12-19)17(22)13-20(2)26(23,24)18-5-4-6-25-18/h4-6,14-16H,3,7-13H2,1-2H3. The fourth-order valence-electron chi connectivity index (χ4n) is 6.10. The summed E-state index contributed by atoms with van der Waals surface area (Å²) in [6.45, 7) is 2.62. The monoisotopic (exact) mass is 396 g/mol. The maximum absolute atomic E-state index is 13.1. The Balaban J connectivity index is 1.51. The first-order chi connectivity index (χ1) is 12.3. The van der Waals surface area contributed by atoms with Gasteiger partial charge in [-0.05, 0) is 74.6 Å². The van der Waals surface area contributed by atoms with E-state index in [4.69, 9.17) is 0 Å². The topological polar surface area (TPSA) is 57.7 Å². The Morgan fingerprint density at radius 1 is 1.19 bits per heavy atom. The summed E-state index contributed by atoms with van der Waals surface area (Å²) in [4.78, 5) is 15.2. The van der Waals surface area contributed by atoms with Gasteiger partial charge in [0.25, 0.3) is 10.0 Å². The average molecular weight is 397 g/mol. The molecule has 4 saturated carbocycles. The molecular weight excluding hydrogens is 368 g/mol. The lowest BCUT2D eigenvalue weighted by molar-refractivity contribution is -0.150. The normalized spacial score (nSPS) is 33.0. The van der Waals surface area contributed by atoms with Gasteiger partial charge in [0.15, 0.2) is 0 Å². The first-order valence-corrected chi connectivity index (χ1v) is 12.0. The van der Waals surface area contributed by atoms with Crippen molar-refractivity contribution in [2.45, 2.75) is 55.2 Å². The number of sulfonamides is 1. The van der Waals surface area contributed by atoms with Crippen LogP contribution in [0.25, 0.3) is 0 Å². The molecule has 26 heavy (non-hydrogen) atoms. The SMILES string of the molecule is CCN(C(=O)CN(C)S(=O)(=O)c1cccs1)C12CC3CC(CC(C3)C1)C2. The molecule has 0 saturated heterocycles. The molecule has 4 fully saturated rings. The summed E-state index contributed by atoms with van der Waals surface area (Å²) in [7, 11) is -2.07. The second-order valence-corrected chi connectivity index (χ2v) is 11.7. The van der Waals surface area contributed by atoms with Gasteiger partial charge in [-0.25, -0.2) is 8.42 Å². The van der Waals surface area contributed by atoms with E-state index in [0.29, 0.717) is 10.8 Å². The Bertz CT molecular complexity index is 737. The van der Waals surface area contributed by atoms with Crippen molar-refractivity contribution in [3.05, 3.63) is 17.5 Å². The lowest BCUT2D eigenvalue weighted by Gasteiger charge is -2.60. The predicted octanol–water partition coefficient (Wildman–Crippen LogP) is 3.19. The highest BCUT2D eigenvalue weighted by atomic mass is 32.2. The van der Waals surface area contributed by atoms with Crippen molar-refractivity contribution in [2.75, 3.05) is 20.1 Å². The van der Waals surface area contributed by atoms with Crippen molar-refractivity contribution < 1.29 is 13.2 Å². The molecule has 0 atom stereocenters. The van der Waals surface area contributed by atoms with Crippen LogP contribution in [0.5, 0.6) is 0 Å². The van der Waals surface area contributed by atoms with E-state index in [1.54, 1.807) is 17.5 Å². The van der Waals surface area contributed by atoms with Crippen LogP contribution in [-0.4, -0.2) is 49.2 Å². The lowest BCUT2D eigenvalue weighted by Crippen LogP contribution is -2.62. The van der Waals surface area contributed by atoms with Crippen LogP contribution in [0.2, 0.25) is 0 Å². The van der Waals surface area contributed by atoms with Crippen molar-refractivity contribution in [3.8, 4) is 0 Å². The molecule has 4 aliphatic carbocycles.